The Labute approximate surface area is 224 Å². The van der Waals surface area contributed by atoms with Gasteiger partial charge in [0.2, 0.25) is 0 Å². The molecule has 0 unspecified atom stereocenters. The van der Waals surface area contributed by atoms with Crippen LogP contribution in [0.2, 0.25) is 0 Å². The standard InChI is InChI=1S/C30H46O8/c1-24(14-31)11-18-28-8-6-17-26(3,29(28,13-28)9-10-30(18,23(37)38)19(33)12-24)7-5-16-25(2,15-32)21(35)20(34)22(36)27(16,17)4/h6,8,16-22,31-36H,5,7,9-15H2,1-4H3,(H,37,38)/t16-,17+,18+,19+,20+,21+,22+,24-,25+,26-,27+,28-,29-,30+/m1/s1. The van der Waals surface area contributed by atoms with Gasteiger partial charge in [-0.25, -0.2) is 0 Å². The van der Waals surface area contributed by atoms with Gasteiger partial charge in [-0.05, 0) is 84.4 Å². The predicted octanol–water partition coefficient (Wildman–Crippen LogP) is 1.70. The summed E-state index contributed by atoms with van der Waals surface area (Å²) in [4.78, 5) is 12.9. The minimum atomic E-state index is -1.38. The largest absolute Gasteiger partial charge is 0.481 e. The van der Waals surface area contributed by atoms with Crippen LogP contribution in [0.25, 0.3) is 0 Å². The number of allylic oxidation sites excluding steroid dienone is 2. The summed E-state index contributed by atoms with van der Waals surface area (Å²) in [5.74, 6) is -1.61. The van der Waals surface area contributed by atoms with Crippen molar-refractivity contribution in [3.63, 3.8) is 0 Å². The third-order valence-corrected chi connectivity index (χ3v) is 14.2. The van der Waals surface area contributed by atoms with Gasteiger partial charge in [0.25, 0.3) is 0 Å². The van der Waals surface area contributed by atoms with E-state index in [4.69, 9.17) is 0 Å². The van der Waals surface area contributed by atoms with Crippen molar-refractivity contribution in [1.82, 2.24) is 0 Å². The molecule has 214 valence electrons. The lowest BCUT2D eigenvalue weighted by molar-refractivity contribution is -0.280. The Morgan fingerprint density at radius 3 is 2.18 bits per heavy atom. The molecule has 6 aliphatic carbocycles. The Morgan fingerprint density at radius 1 is 0.895 bits per heavy atom. The molecule has 0 radical (unpaired) electrons. The number of hydrogen-bond acceptors (Lipinski definition) is 7. The number of rotatable bonds is 3. The van der Waals surface area contributed by atoms with E-state index in [0.717, 1.165) is 12.8 Å². The van der Waals surface area contributed by atoms with E-state index in [1.54, 1.807) is 0 Å². The van der Waals surface area contributed by atoms with E-state index in [2.05, 4.69) is 19.1 Å². The van der Waals surface area contributed by atoms with Gasteiger partial charge in [0, 0.05) is 17.4 Å². The van der Waals surface area contributed by atoms with E-state index in [1.807, 2.05) is 20.8 Å². The molecular weight excluding hydrogens is 488 g/mol. The highest BCUT2D eigenvalue weighted by atomic mass is 16.4. The Morgan fingerprint density at radius 2 is 1.58 bits per heavy atom. The van der Waals surface area contributed by atoms with Crippen molar-refractivity contribution in [3.8, 4) is 0 Å². The van der Waals surface area contributed by atoms with Gasteiger partial charge in [-0.3, -0.25) is 4.79 Å². The third kappa shape index (κ3) is 2.63. The fraction of sp³-hybridized carbons (Fsp3) is 0.900. The van der Waals surface area contributed by atoms with Gasteiger partial charge in [0.15, 0.2) is 0 Å². The summed E-state index contributed by atoms with van der Waals surface area (Å²) < 4.78 is 0. The molecule has 5 saturated carbocycles. The summed E-state index contributed by atoms with van der Waals surface area (Å²) in [6.07, 6.45) is 3.68. The van der Waals surface area contributed by atoms with Gasteiger partial charge in [-0.2, -0.15) is 0 Å². The fourth-order valence-electron chi connectivity index (χ4n) is 12.0. The van der Waals surface area contributed by atoms with Crippen LogP contribution in [-0.2, 0) is 4.79 Å². The van der Waals surface area contributed by atoms with Crippen LogP contribution in [0.15, 0.2) is 12.2 Å². The van der Waals surface area contributed by atoms with Crippen LogP contribution in [0.1, 0.15) is 72.6 Å². The van der Waals surface area contributed by atoms with E-state index in [0.29, 0.717) is 25.7 Å². The lowest BCUT2D eigenvalue weighted by Gasteiger charge is -2.69. The summed E-state index contributed by atoms with van der Waals surface area (Å²) in [7, 11) is 0. The average molecular weight is 535 g/mol. The molecule has 0 aromatic heterocycles. The second-order valence-corrected chi connectivity index (χ2v) is 15.3. The van der Waals surface area contributed by atoms with Crippen LogP contribution in [0, 0.1) is 55.7 Å². The minimum Gasteiger partial charge on any atom is -0.481 e. The molecule has 0 spiro atoms. The first-order chi connectivity index (χ1) is 17.6. The van der Waals surface area contributed by atoms with Crippen LogP contribution in [-0.4, -0.2) is 79.3 Å². The number of carbonyl (C=O) groups is 1. The zero-order valence-corrected chi connectivity index (χ0v) is 23.1. The summed E-state index contributed by atoms with van der Waals surface area (Å²) >= 11 is 0. The van der Waals surface area contributed by atoms with Crippen molar-refractivity contribution in [2.24, 2.45) is 55.7 Å². The Hall–Kier alpha value is -1.03. The highest BCUT2D eigenvalue weighted by molar-refractivity contribution is 5.77. The maximum Gasteiger partial charge on any atom is 0.312 e. The van der Waals surface area contributed by atoms with Crippen molar-refractivity contribution in [2.45, 2.75) is 97.1 Å². The van der Waals surface area contributed by atoms with E-state index in [1.165, 1.54) is 0 Å². The number of fused-ring (bicyclic) bond motifs is 4. The first-order valence-electron chi connectivity index (χ1n) is 14.5. The van der Waals surface area contributed by atoms with Gasteiger partial charge in [-0.1, -0.05) is 39.8 Å². The van der Waals surface area contributed by atoms with Gasteiger partial charge in [-0.15, -0.1) is 0 Å². The molecule has 0 aromatic carbocycles. The SMILES string of the molecule is C[C@@]1(CO)C[C@@H]2[C@@](C(=O)O)(CC[C@]34C[C@]23C=C[C@@H]2[C@]3(C)[C@H](CC[C@]24C)[C@](C)(CO)[C@@H](O)[C@H](O)[C@@H]3O)[C@@H](O)C1. The summed E-state index contributed by atoms with van der Waals surface area (Å²) in [6, 6.07) is 0. The topological polar surface area (TPSA) is 159 Å². The second-order valence-electron chi connectivity index (χ2n) is 15.3. The number of aliphatic hydroxyl groups excluding tert-OH is 6. The third-order valence-electron chi connectivity index (χ3n) is 14.2. The second kappa shape index (κ2) is 7.62. The lowest BCUT2D eigenvalue weighted by Crippen LogP contribution is -2.72. The van der Waals surface area contributed by atoms with Gasteiger partial charge < -0.3 is 35.7 Å². The summed E-state index contributed by atoms with van der Waals surface area (Å²) in [5, 5.41) is 76.1. The van der Waals surface area contributed by atoms with Crippen molar-refractivity contribution >= 4 is 5.97 Å². The van der Waals surface area contributed by atoms with Gasteiger partial charge >= 0.3 is 5.97 Å². The van der Waals surface area contributed by atoms with Crippen LogP contribution >= 0.6 is 0 Å². The van der Waals surface area contributed by atoms with E-state index in [-0.39, 0.29) is 48.2 Å². The van der Waals surface area contributed by atoms with Crippen LogP contribution in [0.4, 0.5) is 0 Å². The highest BCUT2D eigenvalue weighted by Gasteiger charge is 2.86. The highest BCUT2D eigenvalue weighted by Crippen LogP contribution is 2.90. The number of aliphatic hydroxyl groups is 6. The molecule has 0 aromatic rings. The normalized spacial score (nSPS) is 62.5. The molecule has 6 rings (SSSR count). The Balaban J connectivity index is 1.49. The summed E-state index contributed by atoms with van der Waals surface area (Å²) in [6.45, 7) is 7.63. The number of carboxylic acid groups (broad SMARTS) is 1. The summed E-state index contributed by atoms with van der Waals surface area (Å²) in [5.41, 5.74) is -4.47. The van der Waals surface area contributed by atoms with Crippen LogP contribution in [0.3, 0.4) is 0 Å². The van der Waals surface area contributed by atoms with Crippen molar-refractivity contribution in [3.05, 3.63) is 12.2 Å². The number of hydrogen-bond donors (Lipinski definition) is 7. The number of carboxylic acids is 1. The Bertz CT molecular complexity index is 1080. The fourth-order valence-corrected chi connectivity index (χ4v) is 12.0. The van der Waals surface area contributed by atoms with Gasteiger partial charge in [0.1, 0.15) is 6.10 Å². The van der Waals surface area contributed by atoms with Crippen LogP contribution < -0.4 is 0 Å². The molecule has 0 aliphatic heterocycles. The molecule has 0 heterocycles. The molecule has 0 saturated heterocycles. The van der Waals surface area contributed by atoms with E-state index >= 15 is 0 Å². The smallest absolute Gasteiger partial charge is 0.312 e. The molecule has 8 nitrogen and oxygen atoms in total. The molecule has 38 heavy (non-hydrogen) atoms. The first-order valence-corrected chi connectivity index (χ1v) is 14.5. The predicted molar refractivity (Wildman–Crippen MR) is 137 cm³/mol. The molecule has 8 heteroatoms. The average Bonchev–Trinajstić information content (AvgIpc) is 3.59. The molecule has 5 fully saturated rings. The van der Waals surface area contributed by atoms with Crippen LogP contribution in [0.5, 0.6) is 0 Å². The lowest BCUT2D eigenvalue weighted by atomic mass is 9.35. The maximum absolute atomic E-state index is 12.9. The zero-order valence-electron chi connectivity index (χ0n) is 23.1. The van der Waals surface area contributed by atoms with E-state index in [9.17, 15) is 40.5 Å². The Kier molecular flexibility index (Phi) is 5.45. The van der Waals surface area contributed by atoms with Crippen molar-refractivity contribution in [1.29, 1.82) is 0 Å². The van der Waals surface area contributed by atoms with Gasteiger partial charge in [0.05, 0.1) is 30.3 Å². The quantitative estimate of drug-likeness (QED) is 0.270. The van der Waals surface area contributed by atoms with Crippen molar-refractivity contribution < 1.29 is 40.5 Å². The zero-order chi connectivity index (χ0) is 27.9. The monoisotopic (exact) mass is 534 g/mol. The molecule has 6 aliphatic rings. The van der Waals surface area contributed by atoms with Crippen molar-refractivity contribution in [2.75, 3.05) is 13.2 Å². The molecule has 0 amide bonds. The molecule has 0 bridgehead atoms. The van der Waals surface area contributed by atoms with E-state index < -0.39 is 57.5 Å². The number of aliphatic carboxylic acids is 1. The minimum absolute atomic E-state index is 0.102. The first kappa shape index (κ1) is 27.2. The molecule has 7 N–H and O–H groups in total. The maximum atomic E-state index is 12.9. The molecule has 14 atom stereocenters. The molecular formula is C30H46O8.